The van der Waals surface area contributed by atoms with Gasteiger partial charge >= 0.3 is 0 Å². The van der Waals surface area contributed by atoms with Gasteiger partial charge in [-0.1, -0.05) is 43.6 Å². The maximum absolute atomic E-state index is 10.4. The molecule has 2 fully saturated rings. The molecule has 0 radical (unpaired) electrons. The quantitative estimate of drug-likeness (QED) is 0.525. The van der Waals surface area contributed by atoms with Gasteiger partial charge in [0.2, 0.25) is 0 Å². The number of nitriles is 1. The maximum atomic E-state index is 10.4. The average molecular weight is 396 g/mol. The molecule has 1 N–H and O–H groups in total. The summed E-state index contributed by atoms with van der Waals surface area (Å²) in [4.78, 5) is 0. The molecule has 0 bridgehead atoms. The Balaban J connectivity index is 1.66. The van der Waals surface area contributed by atoms with Crippen LogP contribution in [0.4, 0.5) is 0 Å². The Morgan fingerprint density at radius 3 is 2.62 bits per heavy atom. The summed E-state index contributed by atoms with van der Waals surface area (Å²) in [5.41, 5.74) is 4.92. The fourth-order valence-corrected chi connectivity index (χ4v) is 8.25. The molecule has 0 saturated heterocycles. The van der Waals surface area contributed by atoms with Crippen LogP contribution in [0.25, 0.3) is 0 Å². The number of aliphatic hydroxyl groups excluding tert-OH is 1. The molecule has 2 heteroatoms. The number of hydrogen-bond acceptors (Lipinski definition) is 2. The number of nitrogens with zero attached hydrogens (tertiary/aromatic N) is 1. The topological polar surface area (TPSA) is 44.0 Å². The van der Waals surface area contributed by atoms with Gasteiger partial charge < -0.3 is 5.11 Å². The van der Waals surface area contributed by atoms with Crippen LogP contribution in [0.2, 0.25) is 0 Å². The molecule has 0 aromatic carbocycles. The zero-order valence-corrected chi connectivity index (χ0v) is 19.4. The Kier molecular flexibility index (Phi) is 5.30. The number of rotatable bonds is 3. The van der Waals surface area contributed by atoms with E-state index in [0.717, 1.165) is 43.4 Å². The highest BCUT2D eigenvalue weighted by Crippen LogP contribution is 2.68. The van der Waals surface area contributed by atoms with Crippen LogP contribution in [0.3, 0.4) is 0 Å². The molecule has 4 aliphatic rings. The van der Waals surface area contributed by atoms with Crippen molar-refractivity contribution in [2.45, 2.75) is 105 Å². The highest BCUT2D eigenvalue weighted by Gasteiger charge is 2.60. The predicted octanol–water partition coefficient (Wildman–Crippen LogP) is 6.96. The normalized spacial score (nSPS) is 44.9. The lowest BCUT2D eigenvalue weighted by molar-refractivity contribution is -0.0252. The summed E-state index contributed by atoms with van der Waals surface area (Å²) < 4.78 is 0. The maximum Gasteiger partial charge on any atom is 0.0700 e. The first kappa shape index (κ1) is 21.2. The average Bonchev–Trinajstić information content (AvgIpc) is 3.04. The number of allylic oxidation sites excluding steroid dienone is 4. The molecule has 160 valence electrons. The standard InChI is InChI=1S/C27H41NO/c1-18(2)6-7-19(3)22-8-9-23-21-11-15-27(17-28)16-20(29)10-14-26(27,5)24(21)12-13-25(22,23)4/h6,19-20,22-23,29H,7-16H2,1-5H3/t19-,20-,22-,23+,25-,26-,27+/m1/s1. The molecule has 29 heavy (non-hydrogen) atoms. The SMILES string of the molecule is CC(C)=CC[C@@H](C)[C@H]1CC[C@H]2C3=C(CC[C@]12C)[C@@]1(C)CC[C@@H](O)C[C@]1(C#N)CC3. The van der Waals surface area contributed by atoms with Gasteiger partial charge in [-0.2, -0.15) is 5.26 Å². The Labute approximate surface area is 178 Å². The molecule has 2 nitrogen and oxygen atoms in total. The molecule has 0 aromatic heterocycles. The third-order valence-corrected chi connectivity index (χ3v) is 10.0. The van der Waals surface area contributed by atoms with Crippen molar-refractivity contribution in [3.05, 3.63) is 22.8 Å². The molecule has 2 saturated carbocycles. The third-order valence-electron chi connectivity index (χ3n) is 10.0. The fraction of sp³-hybridized carbons (Fsp3) is 0.815. The first-order valence-corrected chi connectivity index (χ1v) is 12.1. The second-order valence-electron chi connectivity index (χ2n) is 11.7. The van der Waals surface area contributed by atoms with Crippen LogP contribution >= 0.6 is 0 Å². The van der Waals surface area contributed by atoms with E-state index in [0.29, 0.717) is 11.8 Å². The highest BCUT2D eigenvalue weighted by atomic mass is 16.3. The zero-order chi connectivity index (χ0) is 21.0. The lowest BCUT2D eigenvalue weighted by Crippen LogP contribution is -2.51. The monoisotopic (exact) mass is 395 g/mol. The van der Waals surface area contributed by atoms with Crippen molar-refractivity contribution in [3.8, 4) is 6.07 Å². The first-order valence-electron chi connectivity index (χ1n) is 12.1. The van der Waals surface area contributed by atoms with Gasteiger partial charge in [-0.15, -0.1) is 0 Å². The smallest absolute Gasteiger partial charge is 0.0700 e. The predicted molar refractivity (Wildman–Crippen MR) is 119 cm³/mol. The first-order chi connectivity index (χ1) is 13.7. The summed E-state index contributed by atoms with van der Waals surface area (Å²) in [5.74, 6) is 2.30. The van der Waals surface area contributed by atoms with Crippen LogP contribution in [-0.4, -0.2) is 11.2 Å². The number of hydrogen-bond donors (Lipinski definition) is 1. The molecule has 0 aliphatic heterocycles. The van der Waals surface area contributed by atoms with E-state index in [-0.39, 0.29) is 16.9 Å². The molecule has 4 rings (SSSR count). The summed E-state index contributed by atoms with van der Waals surface area (Å²) >= 11 is 0. The van der Waals surface area contributed by atoms with Crippen LogP contribution < -0.4 is 0 Å². The molecule has 0 aromatic rings. The van der Waals surface area contributed by atoms with Crippen molar-refractivity contribution in [1.82, 2.24) is 0 Å². The van der Waals surface area contributed by atoms with Crippen LogP contribution in [0.5, 0.6) is 0 Å². The molecular formula is C27H41NO. The van der Waals surface area contributed by atoms with E-state index in [2.05, 4.69) is 46.8 Å². The molecule has 7 atom stereocenters. The molecule has 0 spiro atoms. The Morgan fingerprint density at radius 1 is 1.17 bits per heavy atom. The van der Waals surface area contributed by atoms with Gasteiger partial charge in [-0.3, -0.25) is 0 Å². The largest absolute Gasteiger partial charge is 0.393 e. The number of aliphatic hydroxyl groups is 1. The van der Waals surface area contributed by atoms with E-state index in [9.17, 15) is 10.4 Å². The molecule has 4 aliphatic carbocycles. The van der Waals surface area contributed by atoms with Gasteiger partial charge in [0, 0.05) is 5.41 Å². The van der Waals surface area contributed by atoms with Crippen molar-refractivity contribution in [2.24, 2.45) is 34.0 Å². The van der Waals surface area contributed by atoms with Gasteiger partial charge in [-0.05, 0) is 101 Å². The van der Waals surface area contributed by atoms with Gasteiger partial charge in [-0.25, -0.2) is 0 Å². The molecule has 0 unspecified atom stereocenters. The van der Waals surface area contributed by atoms with Crippen molar-refractivity contribution >= 4 is 0 Å². The van der Waals surface area contributed by atoms with Gasteiger partial charge in [0.1, 0.15) is 0 Å². The van der Waals surface area contributed by atoms with Gasteiger partial charge in [0.25, 0.3) is 0 Å². The van der Waals surface area contributed by atoms with E-state index in [1.807, 2.05) is 0 Å². The summed E-state index contributed by atoms with van der Waals surface area (Å²) in [6.45, 7) is 11.9. The molecular weight excluding hydrogens is 354 g/mol. The summed E-state index contributed by atoms with van der Waals surface area (Å²) in [6.07, 6.45) is 13.1. The van der Waals surface area contributed by atoms with Crippen LogP contribution in [-0.2, 0) is 0 Å². The second kappa shape index (κ2) is 7.26. The molecule has 0 heterocycles. The minimum atomic E-state index is -0.341. The Morgan fingerprint density at radius 2 is 1.93 bits per heavy atom. The van der Waals surface area contributed by atoms with Crippen molar-refractivity contribution in [1.29, 1.82) is 5.26 Å². The summed E-state index contributed by atoms with van der Waals surface area (Å²) in [6, 6.07) is 2.75. The van der Waals surface area contributed by atoms with Crippen molar-refractivity contribution in [2.75, 3.05) is 0 Å². The van der Waals surface area contributed by atoms with E-state index in [1.165, 1.54) is 37.7 Å². The summed E-state index contributed by atoms with van der Waals surface area (Å²) in [5, 5.41) is 20.6. The van der Waals surface area contributed by atoms with E-state index < -0.39 is 0 Å². The summed E-state index contributed by atoms with van der Waals surface area (Å²) in [7, 11) is 0. The lowest BCUT2D eigenvalue weighted by Gasteiger charge is -2.58. The molecule has 0 amide bonds. The lowest BCUT2D eigenvalue weighted by atomic mass is 9.45. The Bertz CT molecular complexity index is 768. The van der Waals surface area contributed by atoms with E-state index in [1.54, 1.807) is 11.1 Å². The highest BCUT2D eigenvalue weighted by molar-refractivity contribution is 5.39. The van der Waals surface area contributed by atoms with Crippen molar-refractivity contribution < 1.29 is 5.11 Å². The minimum absolute atomic E-state index is 0.0122. The van der Waals surface area contributed by atoms with E-state index in [4.69, 9.17) is 0 Å². The van der Waals surface area contributed by atoms with Crippen molar-refractivity contribution in [3.63, 3.8) is 0 Å². The second-order valence-corrected chi connectivity index (χ2v) is 11.7. The minimum Gasteiger partial charge on any atom is -0.393 e. The van der Waals surface area contributed by atoms with Crippen LogP contribution in [0, 0.1) is 45.3 Å². The van der Waals surface area contributed by atoms with Gasteiger partial charge in [0.15, 0.2) is 0 Å². The third kappa shape index (κ3) is 3.06. The fourth-order valence-electron chi connectivity index (χ4n) is 8.25. The number of fused-ring (bicyclic) bond motifs is 4. The Hall–Kier alpha value is -1.07. The van der Waals surface area contributed by atoms with Crippen LogP contribution in [0.1, 0.15) is 98.8 Å². The van der Waals surface area contributed by atoms with Crippen LogP contribution in [0.15, 0.2) is 22.8 Å². The van der Waals surface area contributed by atoms with Gasteiger partial charge in [0.05, 0.1) is 17.6 Å². The zero-order valence-electron chi connectivity index (χ0n) is 19.4. The van der Waals surface area contributed by atoms with E-state index >= 15 is 0 Å².